The van der Waals surface area contributed by atoms with Gasteiger partial charge < -0.3 is 39.0 Å². The van der Waals surface area contributed by atoms with Crippen molar-refractivity contribution in [1.29, 1.82) is 0 Å². The van der Waals surface area contributed by atoms with Crippen LogP contribution in [0.4, 0.5) is 28.7 Å². The molecule has 4 amide bonds. The lowest BCUT2D eigenvalue weighted by molar-refractivity contribution is -0.136. The number of aliphatic hydroxyl groups excluding tert-OH is 1. The zero-order valence-corrected chi connectivity index (χ0v) is 40.6. The molecule has 1 aliphatic carbocycles. The first-order chi connectivity index (χ1) is 34.2. The van der Waals surface area contributed by atoms with Crippen molar-refractivity contribution in [1.82, 2.24) is 34.2 Å². The largest absolute Gasteiger partial charge is 0.489 e. The molecule has 12 rings (SSSR count). The standard InChI is InChI=1S/C53H59N11O7/c1-30-25-59(34-10-12-61-36(20-34)29-71-45-21-38-33(19-42(45)61)27-64(50(38)68)41-6-8-47(66)57-49(41)67)13-14-60(30)35-5-7-46(55-24-35)56-40-17-32(26-58(4)51(40)69)37-9-11-54-48(39(37)28-65)63-16-15-62-43(52(63)70)18-31-22-53(2,3)23-44(31)62/h5,7,9,11,17-19,21,24,26,30,34,36,41,65H,6,8,10,12-16,20,22-23,25,27-29H2,1-4H3,(H,55,56)(H,57,66,67)/t30-,34-,36+,41?/m0/s1. The lowest BCUT2D eigenvalue weighted by atomic mass is 9.90. The number of piperazine rings is 1. The number of aromatic nitrogens is 4. The Morgan fingerprint density at radius 1 is 0.873 bits per heavy atom. The Kier molecular flexibility index (Phi) is 10.8. The van der Waals surface area contributed by atoms with Crippen LogP contribution in [0.15, 0.2) is 65.8 Å². The van der Waals surface area contributed by atoms with Gasteiger partial charge in [0.2, 0.25) is 11.8 Å². The number of piperidine rings is 2. The molecule has 71 heavy (non-hydrogen) atoms. The van der Waals surface area contributed by atoms with E-state index in [4.69, 9.17) is 9.72 Å². The number of nitrogens with one attached hydrogen (secondary N) is 2. The second-order valence-corrected chi connectivity index (χ2v) is 21.3. The number of aryl methyl sites for hydroxylation is 1. The van der Waals surface area contributed by atoms with Crippen LogP contribution in [0.25, 0.3) is 11.1 Å². The highest BCUT2D eigenvalue weighted by Gasteiger charge is 2.43. The summed E-state index contributed by atoms with van der Waals surface area (Å²) in [5.41, 5.74) is 8.75. The molecule has 18 heteroatoms. The summed E-state index contributed by atoms with van der Waals surface area (Å²) in [6.45, 7) is 11.9. The molecule has 0 saturated carbocycles. The highest BCUT2D eigenvalue weighted by atomic mass is 16.5. The first kappa shape index (κ1) is 45.1. The van der Waals surface area contributed by atoms with E-state index < -0.39 is 11.9 Å². The fourth-order valence-corrected chi connectivity index (χ4v) is 12.6. The Labute approximate surface area is 411 Å². The van der Waals surface area contributed by atoms with Gasteiger partial charge in [0.1, 0.15) is 41.4 Å². The summed E-state index contributed by atoms with van der Waals surface area (Å²) in [5, 5.41) is 16.5. The van der Waals surface area contributed by atoms with Gasteiger partial charge in [-0.05, 0) is 104 Å². The second kappa shape index (κ2) is 17.1. The average molecular weight is 962 g/mol. The van der Waals surface area contributed by atoms with E-state index in [1.165, 1.54) is 15.8 Å². The Hall–Kier alpha value is -7.05. The van der Waals surface area contributed by atoms with E-state index in [1.54, 1.807) is 35.3 Å². The van der Waals surface area contributed by atoms with Gasteiger partial charge in [-0.15, -0.1) is 0 Å². The van der Waals surface area contributed by atoms with Crippen molar-refractivity contribution in [2.75, 3.05) is 59.3 Å². The van der Waals surface area contributed by atoms with Crippen LogP contribution in [0, 0.1) is 5.41 Å². The summed E-state index contributed by atoms with van der Waals surface area (Å²) in [6.07, 6.45) is 9.64. The third-order valence-electron chi connectivity index (χ3n) is 16.1. The number of carbonyl (C=O) groups excluding carboxylic acids is 4. The van der Waals surface area contributed by atoms with Crippen LogP contribution in [-0.2, 0) is 49.2 Å². The molecule has 1 unspecified atom stereocenters. The molecular formula is C53H59N11O7. The minimum absolute atomic E-state index is 0.131. The lowest BCUT2D eigenvalue weighted by Gasteiger charge is -2.50. The number of anilines is 5. The molecule has 3 saturated heterocycles. The van der Waals surface area contributed by atoms with Gasteiger partial charge in [-0.3, -0.25) is 39.1 Å². The maximum absolute atomic E-state index is 14.0. The molecule has 6 aliphatic heterocycles. The Morgan fingerprint density at radius 3 is 2.52 bits per heavy atom. The third kappa shape index (κ3) is 7.73. The van der Waals surface area contributed by atoms with Crippen molar-refractivity contribution in [2.24, 2.45) is 12.5 Å². The van der Waals surface area contributed by atoms with Gasteiger partial charge in [0.15, 0.2) is 0 Å². The van der Waals surface area contributed by atoms with Gasteiger partial charge in [-0.1, -0.05) is 13.8 Å². The van der Waals surface area contributed by atoms with Crippen LogP contribution >= 0.6 is 0 Å². The summed E-state index contributed by atoms with van der Waals surface area (Å²) >= 11 is 0. The topological polar surface area (TPSA) is 191 Å². The summed E-state index contributed by atoms with van der Waals surface area (Å²) in [6, 6.07) is 13.6. The number of carbonyl (C=O) groups is 4. The Bertz CT molecular complexity index is 3110. The second-order valence-electron chi connectivity index (χ2n) is 21.3. The first-order valence-electron chi connectivity index (χ1n) is 25.0. The van der Waals surface area contributed by atoms with Gasteiger partial charge in [0, 0.05) is 106 Å². The number of amides is 4. The van der Waals surface area contributed by atoms with E-state index in [1.807, 2.05) is 36.5 Å². The molecule has 3 N–H and O–H groups in total. The Morgan fingerprint density at radius 2 is 1.73 bits per heavy atom. The highest BCUT2D eigenvalue weighted by Crippen LogP contribution is 2.44. The quantitative estimate of drug-likeness (QED) is 0.186. The van der Waals surface area contributed by atoms with Gasteiger partial charge in [-0.25, -0.2) is 9.97 Å². The molecule has 0 spiro atoms. The van der Waals surface area contributed by atoms with Crippen LogP contribution in [0.3, 0.4) is 0 Å². The number of rotatable bonds is 8. The number of fused-ring (bicyclic) bond motifs is 7. The normalized spacial score (nSPS) is 23.7. The fourth-order valence-electron chi connectivity index (χ4n) is 12.6. The number of aliphatic hydroxyl groups is 1. The summed E-state index contributed by atoms with van der Waals surface area (Å²) in [4.78, 5) is 85.6. The van der Waals surface area contributed by atoms with E-state index in [2.05, 4.69) is 61.7 Å². The number of nitrogens with zero attached hydrogens (tertiary/aromatic N) is 9. The number of ether oxygens (including phenoxy) is 1. The molecule has 3 fully saturated rings. The predicted octanol–water partition coefficient (Wildman–Crippen LogP) is 4.37. The van der Waals surface area contributed by atoms with Crippen LogP contribution in [-0.4, -0.2) is 121 Å². The molecule has 368 valence electrons. The van der Waals surface area contributed by atoms with Crippen molar-refractivity contribution >= 4 is 52.3 Å². The molecule has 7 aliphatic rings. The molecule has 0 bridgehead atoms. The van der Waals surface area contributed by atoms with Crippen molar-refractivity contribution in [3.05, 3.63) is 105 Å². The molecule has 18 nitrogen and oxygen atoms in total. The van der Waals surface area contributed by atoms with E-state index >= 15 is 0 Å². The molecular weight excluding hydrogens is 903 g/mol. The molecule has 4 atom stereocenters. The van der Waals surface area contributed by atoms with Crippen LogP contribution in [0.1, 0.15) is 89.7 Å². The fraction of sp³-hybridized carbons (Fsp3) is 0.453. The van der Waals surface area contributed by atoms with Crippen LogP contribution in [0.5, 0.6) is 5.75 Å². The smallest absolute Gasteiger partial charge is 0.276 e. The minimum Gasteiger partial charge on any atom is -0.489 e. The van der Waals surface area contributed by atoms with E-state index in [9.17, 15) is 29.1 Å². The van der Waals surface area contributed by atoms with E-state index in [0.717, 1.165) is 68.8 Å². The summed E-state index contributed by atoms with van der Waals surface area (Å²) < 4.78 is 10.0. The molecule has 5 aromatic rings. The zero-order chi connectivity index (χ0) is 49.0. The predicted molar refractivity (Wildman–Crippen MR) is 266 cm³/mol. The van der Waals surface area contributed by atoms with E-state index in [-0.39, 0.29) is 53.8 Å². The third-order valence-corrected chi connectivity index (χ3v) is 16.1. The summed E-state index contributed by atoms with van der Waals surface area (Å²) in [7, 11) is 1.69. The monoisotopic (exact) mass is 961 g/mol. The van der Waals surface area contributed by atoms with Gasteiger partial charge in [0.05, 0.1) is 30.2 Å². The highest BCUT2D eigenvalue weighted by molar-refractivity contribution is 6.07. The van der Waals surface area contributed by atoms with Crippen LogP contribution < -0.4 is 35.6 Å². The molecule has 1 aromatic carbocycles. The maximum atomic E-state index is 14.0. The van der Waals surface area contributed by atoms with Crippen molar-refractivity contribution in [2.45, 2.75) is 103 Å². The SMILES string of the molecule is C[C@H]1CN([C@H]2CCN3c4cc5c(cc4OC[C@H]3C2)C(=O)N(C2CCC(=O)NC2=O)C5)CCN1c1ccc(Nc2cc(-c3ccnc(N4CCn5c(cc6c5CC(C)(C)C6)C4=O)c3CO)cn(C)c2=O)nc1. The van der Waals surface area contributed by atoms with Gasteiger partial charge in [-0.2, -0.15) is 0 Å². The maximum Gasteiger partial charge on any atom is 0.276 e. The first-order valence-corrected chi connectivity index (χ1v) is 25.0. The molecule has 10 heterocycles. The number of benzene rings is 1. The number of pyridine rings is 3. The Balaban J connectivity index is 0.690. The van der Waals surface area contributed by atoms with Crippen LogP contribution in [0.2, 0.25) is 0 Å². The van der Waals surface area contributed by atoms with Crippen molar-refractivity contribution in [3.63, 3.8) is 0 Å². The minimum atomic E-state index is -0.655. The molecule has 4 aromatic heterocycles. The number of imide groups is 1. The van der Waals surface area contributed by atoms with Gasteiger partial charge in [0.25, 0.3) is 17.4 Å². The average Bonchev–Trinajstić information content (AvgIpc) is 3.98. The van der Waals surface area contributed by atoms with E-state index in [0.29, 0.717) is 89.7 Å². The zero-order valence-electron chi connectivity index (χ0n) is 40.6. The van der Waals surface area contributed by atoms with Crippen molar-refractivity contribution < 1.29 is 29.0 Å². The van der Waals surface area contributed by atoms with Gasteiger partial charge >= 0.3 is 0 Å². The number of hydrogen-bond donors (Lipinski definition) is 3. The summed E-state index contributed by atoms with van der Waals surface area (Å²) in [5.74, 6) is 0.608. The molecule has 0 radical (unpaired) electrons. The van der Waals surface area contributed by atoms with Crippen molar-refractivity contribution in [3.8, 4) is 16.9 Å². The lowest BCUT2D eigenvalue weighted by Crippen LogP contribution is -2.59. The number of hydrogen-bond acceptors (Lipinski definition) is 13.